The number of ether oxygens (including phenoxy) is 1. The van der Waals surface area contributed by atoms with Crippen LogP contribution >= 0.6 is 0 Å². The maximum atomic E-state index is 13.5. The molecule has 0 spiro atoms. The Morgan fingerprint density at radius 2 is 1.30 bits per heavy atom. The monoisotopic (exact) mass is 450 g/mol. The molecule has 3 aromatic rings. The first kappa shape index (κ1) is 22.6. The zero-order valence-corrected chi connectivity index (χ0v) is 18.2. The Kier molecular flexibility index (Phi) is 6.79. The quantitative estimate of drug-likeness (QED) is 0.544. The number of benzene rings is 3. The number of halogens is 2. The van der Waals surface area contributed by atoms with Gasteiger partial charge in [-0.05, 0) is 53.6 Å². The van der Waals surface area contributed by atoms with E-state index < -0.39 is 5.97 Å². The van der Waals surface area contributed by atoms with Crippen molar-refractivity contribution in [1.82, 2.24) is 9.80 Å². The average Bonchev–Trinajstić information content (AvgIpc) is 2.86. The van der Waals surface area contributed by atoms with E-state index in [0.29, 0.717) is 37.3 Å². The molecule has 0 bridgehead atoms. The highest BCUT2D eigenvalue weighted by Crippen LogP contribution is 2.30. The van der Waals surface area contributed by atoms with Crippen molar-refractivity contribution in [3.05, 3.63) is 107 Å². The van der Waals surface area contributed by atoms with Crippen molar-refractivity contribution < 1.29 is 23.1 Å². The van der Waals surface area contributed by atoms with Crippen molar-refractivity contribution >= 4 is 11.9 Å². The van der Waals surface area contributed by atoms with Gasteiger partial charge in [0.25, 0.3) is 5.91 Å². The first-order valence-electron chi connectivity index (χ1n) is 10.7. The van der Waals surface area contributed by atoms with E-state index in [4.69, 9.17) is 4.74 Å². The van der Waals surface area contributed by atoms with Gasteiger partial charge in [-0.1, -0.05) is 30.3 Å². The highest BCUT2D eigenvalue weighted by molar-refractivity contribution is 5.98. The van der Waals surface area contributed by atoms with Gasteiger partial charge in [0.15, 0.2) is 0 Å². The van der Waals surface area contributed by atoms with Crippen molar-refractivity contribution in [2.24, 2.45) is 0 Å². The molecule has 0 aromatic heterocycles. The largest absolute Gasteiger partial charge is 0.465 e. The van der Waals surface area contributed by atoms with Gasteiger partial charge in [0, 0.05) is 31.7 Å². The number of esters is 1. The average molecular weight is 450 g/mol. The lowest BCUT2D eigenvalue weighted by molar-refractivity contribution is 0.0596. The SMILES string of the molecule is COC(=O)c1cccc(C(=O)N2CCN(C(c3ccc(F)cc3)c3ccc(F)cc3)CC2)c1. The molecular formula is C26H24F2N2O3. The topological polar surface area (TPSA) is 49.9 Å². The van der Waals surface area contributed by atoms with Crippen LogP contribution < -0.4 is 0 Å². The second-order valence-electron chi connectivity index (χ2n) is 7.91. The van der Waals surface area contributed by atoms with Crippen LogP contribution in [0.4, 0.5) is 8.78 Å². The molecule has 1 saturated heterocycles. The van der Waals surface area contributed by atoms with Crippen molar-refractivity contribution in [3.63, 3.8) is 0 Å². The standard InChI is InChI=1S/C26H24F2N2O3/c1-33-26(32)21-4-2-3-20(17-21)25(31)30-15-13-29(14-16-30)24(18-5-9-22(27)10-6-18)19-7-11-23(28)12-8-19/h2-12,17,24H,13-16H2,1H3. The molecular weight excluding hydrogens is 426 g/mol. The highest BCUT2D eigenvalue weighted by atomic mass is 19.1. The first-order valence-corrected chi connectivity index (χ1v) is 10.7. The van der Waals surface area contributed by atoms with Gasteiger partial charge < -0.3 is 9.64 Å². The number of carbonyl (C=O) groups is 2. The number of hydrogen-bond acceptors (Lipinski definition) is 4. The number of methoxy groups -OCH3 is 1. The summed E-state index contributed by atoms with van der Waals surface area (Å²) in [6, 6.07) is 18.9. The van der Waals surface area contributed by atoms with Crippen LogP contribution in [0.15, 0.2) is 72.8 Å². The van der Waals surface area contributed by atoms with Crippen molar-refractivity contribution in [2.75, 3.05) is 33.3 Å². The van der Waals surface area contributed by atoms with Crippen LogP contribution in [0.2, 0.25) is 0 Å². The molecule has 5 nitrogen and oxygen atoms in total. The Labute approximate surface area is 191 Å². The molecule has 0 unspecified atom stereocenters. The summed E-state index contributed by atoms with van der Waals surface area (Å²) in [7, 11) is 1.30. The fourth-order valence-electron chi connectivity index (χ4n) is 4.17. The van der Waals surface area contributed by atoms with Gasteiger partial charge in [0.1, 0.15) is 11.6 Å². The summed E-state index contributed by atoms with van der Waals surface area (Å²) in [6.45, 7) is 2.14. The fraction of sp³-hybridized carbons (Fsp3) is 0.231. The second-order valence-corrected chi connectivity index (χ2v) is 7.91. The molecule has 1 aliphatic rings. The van der Waals surface area contributed by atoms with Gasteiger partial charge in [0.2, 0.25) is 0 Å². The van der Waals surface area contributed by atoms with Crippen LogP contribution in [-0.2, 0) is 4.74 Å². The van der Waals surface area contributed by atoms with E-state index in [-0.39, 0.29) is 23.6 Å². The van der Waals surface area contributed by atoms with Crippen molar-refractivity contribution in [1.29, 1.82) is 0 Å². The summed E-state index contributed by atoms with van der Waals surface area (Å²) in [4.78, 5) is 28.8. The molecule has 7 heteroatoms. The molecule has 0 atom stereocenters. The van der Waals surface area contributed by atoms with Crippen LogP contribution in [0.1, 0.15) is 37.9 Å². The van der Waals surface area contributed by atoms with Crippen molar-refractivity contribution in [3.8, 4) is 0 Å². The number of amides is 1. The molecule has 1 fully saturated rings. The van der Waals surface area contributed by atoms with E-state index in [2.05, 4.69) is 4.90 Å². The summed E-state index contributed by atoms with van der Waals surface area (Å²) in [5.74, 6) is -1.28. The number of rotatable bonds is 5. The molecule has 0 radical (unpaired) electrons. The molecule has 1 aliphatic heterocycles. The summed E-state index contributed by atoms with van der Waals surface area (Å²) >= 11 is 0. The molecule has 4 rings (SSSR count). The van der Waals surface area contributed by atoms with Crippen LogP contribution in [-0.4, -0.2) is 55.0 Å². The lowest BCUT2D eigenvalue weighted by Crippen LogP contribution is -2.49. The molecule has 3 aromatic carbocycles. The number of hydrogen-bond donors (Lipinski definition) is 0. The minimum Gasteiger partial charge on any atom is -0.465 e. The number of carbonyl (C=O) groups excluding carboxylic acids is 2. The molecule has 170 valence electrons. The lowest BCUT2D eigenvalue weighted by atomic mass is 9.96. The van der Waals surface area contributed by atoms with Crippen LogP contribution in [0, 0.1) is 11.6 Å². The molecule has 1 heterocycles. The summed E-state index contributed by atoms with van der Waals surface area (Å²) in [6.07, 6.45) is 0. The molecule has 1 amide bonds. The molecule has 0 N–H and O–H groups in total. The van der Waals surface area contributed by atoms with E-state index in [9.17, 15) is 18.4 Å². The minimum absolute atomic E-state index is 0.152. The lowest BCUT2D eigenvalue weighted by Gasteiger charge is -2.39. The van der Waals surface area contributed by atoms with E-state index in [1.54, 1.807) is 53.4 Å². The van der Waals surface area contributed by atoms with Crippen molar-refractivity contribution in [2.45, 2.75) is 6.04 Å². The van der Waals surface area contributed by atoms with E-state index in [1.165, 1.54) is 31.4 Å². The number of nitrogens with zero attached hydrogens (tertiary/aromatic N) is 2. The second kappa shape index (κ2) is 9.92. The summed E-state index contributed by atoms with van der Waals surface area (Å²) in [5.41, 5.74) is 2.55. The minimum atomic E-state index is -0.490. The maximum absolute atomic E-state index is 13.5. The van der Waals surface area contributed by atoms with Crippen LogP contribution in [0.25, 0.3) is 0 Å². The normalized spacial score (nSPS) is 14.4. The molecule has 0 aliphatic carbocycles. The smallest absolute Gasteiger partial charge is 0.337 e. The van der Waals surface area contributed by atoms with Gasteiger partial charge in [-0.25, -0.2) is 13.6 Å². The Bertz CT molecular complexity index is 1080. The maximum Gasteiger partial charge on any atom is 0.337 e. The highest BCUT2D eigenvalue weighted by Gasteiger charge is 2.29. The number of piperazine rings is 1. The fourth-order valence-corrected chi connectivity index (χ4v) is 4.17. The zero-order chi connectivity index (χ0) is 23.4. The predicted molar refractivity (Wildman–Crippen MR) is 120 cm³/mol. The summed E-state index contributed by atoms with van der Waals surface area (Å²) < 4.78 is 31.8. The van der Waals surface area contributed by atoms with Gasteiger partial charge >= 0.3 is 5.97 Å². The van der Waals surface area contributed by atoms with E-state index >= 15 is 0 Å². The summed E-state index contributed by atoms with van der Waals surface area (Å²) in [5, 5.41) is 0. The van der Waals surface area contributed by atoms with Crippen LogP contribution in [0.3, 0.4) is 0 Å². The predicted octanol–water partition coefficient (Wildman–Crippen LogP) is 4.30. The van der Waals surface area contributed by atoms with Gasteiger partial charge in [-0.2, -0.15) is 0 Å². The molecule has 33 heavy (non-hydrogen) atoms. The van der Waals surface area contributed by atoms with Crippen LogP contribution in [0.5, 0.6) is 0 Å². The van der Waals surface area contributed by atoms with Gasteiger partial charge in [-0.15, -0.1) is 0 Å². The van der Waals surface area contributed by atoms with Gasteiger partial charge in [-0.3, -0.25) is 9.69 Å². The molecule has 0 saturated carbocycles. The first-order chi connectivity index (χ1) is 16.0. The van der Waals surface area contributed by atoms with E-state index in [0.717, 1.165) is 11.1 Å². The Morgan fingerprint density at radius 3 is 1.82 bits per heavy atom. The Hall–Kier alpha value is -3.58. The third kappa shape index (κ3) is 5.09. The zero-order valence-electron chi connectivity index (χ0n) is 18.2. The third-order valence-electron chi connectivity index (χ3n) is 5.87. The Morgan fingerprint density at radius 1 is 0.788 bits per heavy atom. The van der Waals surface area contributed by atoms with Gasteiger partial charge in [0.05, 0.1) is 18.7 Å². The van der Waals surface area contributed by atoms with E-state index in [1.807, 2.05) is 0 Å². The third-order valence-corrected chi connectivity index (χ3v) is 5.87. The Balaban J connectivity index is 1.51.